The number of nitrogens with two attached hydrogens (primary N) is 2. The first kappa shape index (κ1) is 22.4. The molecule has 1 rings (SSSR count). The van der Waals surface area contributed by atoms with Crippen molar-refractivity contribution < 1.29 is 29.1 Å². The fourth-order valence-electron chi connectivity index (χ4n) is 2.72. The van der Waals surface area contributed by atoms with Gasteiger partial charge in [-0.3, -0.25) is 24.0 Å². The summed E-state index contributed by atoms with van der Waals surface area (Å²) in [6, 6.07) is -3.86. The van der Waals surface area contributed by atoms with Crippen molar-refractivity contribution in [3.63, 3.8) is 0 Å². The number of hydrogen-bond donors (Lipinski definition) is 5. The fourth-order valence-corrected chi connectivity index (χ4v) is 2.72. The number of hydrogen-bond acceptors (Lipinski definition) is 6. The summed E-state index contributed by atoms with van der Waals surface area (Å²) in [6.07, 6.45) is 0.766. The Labute approximate surface area is 156 Å². The SMILES string of the molecule is C[C@H](N)C(=O)N[C@@H](CCC(N)=O)C(=O)N1CCC[C@H]1C(=O)N[C@@H](C)C(=O)O. The molecule has 1 aliphatic heterocycles. The Morgan fingerprint density at radius 3 is 2.33 bits per heavy atom. The van der Waals surface area contributed by atoms with Crippen molar-refractivity contribution in [3.05, 3.63) is 0 Å². The van der Waals surface area contributed by atoms with E-state index in [1.807, 2.05) is 0 Å². The summed E-state index contributed by atoms with van der Waals surface area (Å²) >= 11 is 0. The lowest BCUT2D eigenvalue weighted by molar-refractivity contribution is -0.144. The molecule has 4 amide bonds. The van der Waals surface area contributed by atoms with Gasteiger partial charge in [-0.1, -0.05) is 0 Å². The van der Waals surface area contributed by atoms with Crippen LogP contribution in [0.25, 0.3) is 0 Å². The van der Waals surface area contributed by atoms with E-state index >= 15 is 0 Å². The zero-order valence-electron chi connectivity index (χ0n) is 15.4. The molecule has 1 saturated heterocycles. The molecule has 0 aromatic rings. The molecule has 0 aliphatic carbocycles. The molecule has 1 heterocycles. The lowest BCUT2D eigenvalue weighted by Crippen LogP contribution is -2.56. The maximum Gasteiger partial charge on any atom is 0.325 e. The Balaban J connectivity index is 2.90. The van der Waals surface area contributed by atoms with E-state index in [0.29, 0.717) is 12.8 Å². The van der Waals surface area contributed by atoms with Crippen molar-refractivity contribution in [2.24, 2.45) is 11.5 Å². The Kier molecular flexibility index (Phi) is 8.16. The first-order valence-corrected chi connectivity index (χ1v) is 8.72. The van der Waals surface area contributed by atoms with E-state index in [-0.39, 0.29) is 19.4 Å². The number of primary amides is 1. The molecule has 11 heteroatoms. The summed E-state index contributed by atoms with van der Waals surface area (Å²) < 4.78 is 0. The monoisotopic (exact) mass is 385 g/mol. The molecule has 27 heavy (non-hydrogen) atoms. The Hall–Kier alpha value is -2.69. The Bertz CT molecular complexity index is 608. The number of amides is 4. The van der Waals surface area contributed by atoms with Crippen LogP contribution < -0.4 is 22.1 Å². The quantitative estimate of drug-likeness (QED) is 0.294. The summed E-state index contributed by atoms with van der Waals surface area (Å²) in [4.78, 5) is 60.4. The van der Waals surface area contributed by atoms with Crippen molar-refractivity contribution in [2.45, 2.75) is 63.7 Å². The van der Waals surface area contributed by atoms with Crippen molar-refractivity contribution in [1.29, 1.82) is 0 Å². The predicted octanol–water partition coefficient (Wildman–Crippen LogP) is -2.34. The van der Waals surface area contributed by atoms with Gasteiger partial charge in [-0.05, 0) is 33.1 Å². The van der Waals surface area contributed by atoms with Crippen LogP contribution in [0.5, 0.6) is 0 Å². The standard InChI is InChI=1S/C16H27N5O6/c1-8(17)13(23)20-10(5-6-12(18)22)15(25)21-7-3-4-11(21)14(24)19-9(2)16(26)27/h8-11H,3-7,17H2,1-2H3,(H2,18,22)(H,19,24)(H,20,23)(H,26,27)/t8-,9-,10-,11-/m0/s1. The van der Waals surface area contributed by atoms with Crippen LogP contribution in [0.15, 0.2) is 0 Å². The first-order chi connectivity index (χ1) is 12.5. The maximum absolute atomic E-state index is 12.9. The zero-order chi connectivity index (χ0) is 20.7. The summed E-state index contributed by atoms with van der Waals surface area (Å²) in [5.74, 6) is -3.51. The molecule has 0 saturated carbocycles. The van der Waals surface area contributed by atoms with E-state index in [1.165, 1.54) is 18.7 Å². The Morgan fingerprint density at radius 2 is 1.81 bits per heavy atom. The smallest absolute Gasteiger partial charge is 0.325 e. The molecule has 0 radical (unpaired) electrons. The maximum atomic E-state index is 12.9. The van der Waals surface area contributed by atoms with Crippen LogP contribution in [-0.2, 0) is 24.0 Å². The number of carboxylic acid groups (broad SMARTS) is 1. The number of nitrogens with one attached hydrogen (secondary N) is 2. The third-order valence-electron chi connectivity index (χ3n) is 4.28. The molecule has 7 N–H and O–H groups in total. The number of carbonyl (C=O) groups excluding carboxylic acids is 4. The van der Waals surface area contributed by atoms with Gasteiger partial charge in [0.05, 0.1) is 6.04 Å². The normalized spacial score (nSPS) is 19.7. The highest BCUT2D eigenvalue weighted by molar-refractivity contribution is 5.94. The molecule has 0 bridgehead atoms. The van der Waals surface area contributed by atoms with Crippen molar-refractivity contribution in [2.75, 3.05) is 6.54 Å². The van der Waals surface area contributed by atoms with Gasteiger partial charge in [0.2, 0.25) is 23.6 Å². The second kappa shape index (κ2) is 9.86. The van der Waals surface area contributed by atoms with Gasteiger partial charge >= 0.3 is 5.97 Å². The van der Waals surface area contributed by atoms with Crippen LogP contribution in [0.1, 0.15) is 39.5 Å². The average Bonchev–Trinajstić information content (AvgIpc) is 3.06. The van der Waals surface area contributed by atoms with Gasteiger partial charge in [-0.2, -0.15) is 0 Å². The highest BCUT2D eigenvalue weighted by Gasteiger charge is 2.38. The van der Waals surface area contributed by atoms with Gasteiger partial charge in [0.1, 0.15) is 18.1 Å². The van der Waals surface area contributed by atoms with Crippen molar-refractivity contribution in [3.8, 4) is 0 Å². The van der Waals surface area contributed by atoms with Crippen LogP contribution in [0.3, 0.4) is 0 Å². The van der Waals surface area contributed by atoms with Crippen LogP contribution in [0, 0.1) is 0 Å². The number of carbonyl (C=O) groups is 5. The number of rotatable bonds is 9. The van der Waals surface area contributed by atoms with Crippen molar-refractivity contribution in [1.82, 2.24) is 15.5 Å². The predicted molar refractivity (Wildman–Crippen MR) is 94.0 cm³/mol. The van der Waals surface area contributed by atoms with E-state index in [4.69, 9.17) is 16.6 Å². The minimum atomic E-state index is -1.19. The van der Waals surface area contributed by atoms with E-state index in [9.17, 15) is 24.0 Å². The molecule has 4 atom stereocenters. The molecule has 0 aromatic heterocycles. The highest BCUT2D eigenvalue weighted by atomic mass is 16.4. The zero-order valence-corrected chi connectivity index (χ0v) is 15.4. The topological polar surface area (TPSA) is 185 Å². The number of carboxylic acids is 1. The van der Waals surface area contributed by atoms with Crippen LogP contribution in [0.2, 0.25) is 0 Å². The Morgan fingerprint density at radius 1 is 1.19 bits per heavy atom. The molecule has 0 unspecified atom stereocenters. The van der Waals surface area contributed by atoms with Gasteiger partial charge in [0.25, 0.3) is 0 Å². The molecule has 0 aromatic carbocycles. The van der Waals surface area contributed by atoms with Gasteiger partial charge < -0.3 is 32.1 Å². The van der Waals surface area contributed by atoms with Gasteiger partial charge in [-0.25, -0.2) is 0 Å². The summed E-state index contributed by atoms with van der Waals surface area (Å²) in [5, 5.41) is 13.7. The summed E-state index contributed by atoms with van der Waals surface area (Å²) in [7, 11) is 0. The second-order valence-corrected chi connectivity index (χ2v) is 6.61. The molecule has 0 spiro atoms. The third-order valence-corrected chi connectivity index (χ3v) is 4.28. The summed E-state index contributed by atoms with van der Waals surface area (Å²) in [6.45, 7) is 3.05. The molecular formula is C16H27N5O6. The lowest BCUT2D eigenvalue weighted by atomic mass is 10.1. The largest absolute Gasteiger partial charge is 0.480 e. The van der Waals surface area contributed by atoms with E-state index in [2.05, 4.69) is 10.6 Å². The molecule has 1 aliphatic rings. The number of aliphatic carboxylic acids is 1. The molecule has 11 nitrogen and oxygen atoms in total. The van der Waals surface area contributed by atoms with Crippen molar-refractivity contribution >= 4 is 29.6 Å². The minimum Gasteiger partial charge on any atom is -0.480 e. The first-order valence-electron chi connectivity index (χ1n) is 8.72. The fraction of sp³-hybridized carbons (Fsp3) is 0.688. The van der Waals surface area contributed by atoms with E-state index in [1.54, 1.807) is 0 Å². The van der Waals surface area contributed by atoms with Crippen LogP contribution in [-0.4, -0.2) is 70.3 Å². The molecule has 152 valence electrons. The second-order valence-electron chi connectivity index (χ2n) is 6.61. The molecular weight excluding hydrogens is 358 g/mol. The van der Waals surface area contributed by atoms with E-state index < -0.39 is 53.8 Å². The molecule has 1 fully saturated rings. The van der Waals surface area contributed by atoms with E-state index in [0.717, 1.165) is 0 Å². The van der Waals surface area contributed by atoms with Gasteiger partial charge in [-0.15, -0.1) is 0 Å². The lowest BCUT2D eigenvalue weighted by Gasteiger charge is -2.29. The number of likely N-dealkylation sites (tertiary alicyclic amines) is 1. The van der Waals surface area contributed by atoms with Gasteiger partial charge in [0.15, 0.2) is 0 Å². The third kappa shape index (κ3) is 6.51. The van der Waals surface area contributed by atoms with Crippen LogP contribution in [0.4, 0.5) is 0 Å². The number of nitrogens with zero attached hydrogens (tertiary/aromatic N) is 1. The highest BCUT2D eigenvalue weighted by Crippen LogP contribution is 2.20. The average molecular weight is 385 g/mol. The van der Waals surface area contributed by atoms with Crippen LogP contribution >= 0.6 is 0 Å². The van der Waals surface area contributed by atoms with Gasteiger partial charge in [0, 0.05) is 13.0 Å². The summed E-state index contributed by atoms with van der Waals surface area (Å²) in [5.41, 5.74) is 10.6. The minimum absolute atomic E-state index is 0.0248.